The molecule has 0 aliphatic rings. The third-order valence-corrected chi connectivity index (χ3v) is 4.61. The molecule has 0 fully saturated rings. The van der Waals surface area contributed by atoms with Crippen LogP contribution in [0.1, 0.15) is 5.56 Å². The number of sulfone groups is 1. The second-order valence-corrected chi connectivity index (χ2v) is 7.74. The van der Waals surface area contributed by atoms with Crippen LogP contribution in [0.2, 0.25) is 0 Å². The van der Waals surface area contributed by atoms with Crippen molar-refractivity contribution >= 4 is 37.5 Å². The Balaban J connectivity index is 2.19. The van der Waals surface area contributed by atoms with Crippen LogP contribution >= 0.6 is 15.9 Å². The summed E-state index contributed by atoms with van der Waals surface area (Å²) in [6.45, 7) is 0. The number of hydrogen-bond acceptors (Lipinski definition) is 7. The lowest BCUT2D eigenvalue weighted by Crippen LogP contribution is -2.11. The minimum absolute atomic E-state index is 0.0568. The molecule has 0 spiro atoms. The molecule has 2 aromatic heterocycles. The van der Waals surface area contributed by atoms with E-state index in [2.05, 4.69) is 36.0 Å². The topological polar surface area (TPSA) is 116 Å². The molecule has 13 heteroatoms. The highest BCUT2D eigenvalue weighted by atomic mass is 79.9. The predicted molar refractivity (Wildman–Crippen MR) is 84.2 cm³/mol. The maximum absolute atomic E-state index is 13.0. The Kier molecular flexibility index (Phi) is 3.95. The molecular weight excluding hydrogens is 429 g/mol. The van der Waals surface area contributed by atoms with Crippen molar-refractivity contribution in [2.24, 2.45) is 0 Å². The van der Waals surface area contributed by atoms with Gasteiger partial charge in [0.2, 0.25) is 15.8 Å². The Morgan fingerprint density at radius 3 is 2.48 bits per heavy atom. The number of nitrogens with zero attached hydrogens (tertiary/aromatic N) is 5. The normalized spacial score (nSPS) is 12.7. The highest BCUT2D eigenvalue weighted by molar-refractivity contribution is 9.10. The van der Waals surface area contributed by atoms with Crippen molar-refractivity contribution < 1.29 is 21.6 Å². The third kappa shape index (κ3) is 3.28. The fourth-order valence-corrected chi connectivity index (χ4v) is 2.93. The average Bonchev–Trinajstić information content (AvgIpc) is 2.90. The van der Waals surface area contributed by atoms with Gasteiger partial charge in [0.25, 0.3) is 10.9 Å². The third-order valence-electron chi connectivity index (χ3n) is 3.07. The SMILES string of the molecule is CS(=O)(=O)c1nc(N)n2nc(-c3ccc(Br)c(C(F)(F)F)c3)nc2n1. The Bertz CT molecular complexity index is 1100. The zero-order chi connectivity index (χ0) is 18.6. The maximum atomic E-state index is 13.0. The highest BCUT2D eigenvalue weighted by Crippen LogP contribution is 2.36. The van der Waals surface area contributed by atoms with E-state index in [1.807, 2.05) is 0 Å². The molecule has 3 aromatic rings. The van der Waals surface area contributed by atoms with E-state index in [0.29, 0.717) is 0 Å². The number of benzene rings is 1. The van der Waals surface area contributed by atoms with E-state index in [1.165, 1.54) is 12.1 Å². The molecule has 2 N–H and O–H groups in total. The number of halogens is 4. The van der Waals surface area contributed by atoms with Gasteiger partial charge in [0, 0.05) is 16.3 Å². The van der Waals surface area contributed by atoms with E-state index in [1.54, 1.807) is 0 Å². The van der Waals surface area contributed by atoms with Gasteiger partial charge in [0.05, 0.1) is 5.56 Å². The molecule has 0 saturated carbocycles. The molecule has 0 atom stereocenters. The van der Waals surface area contributed by atoms with Gasteiger partial charge in [-0.2, -0.15) is 32.6 Å². The van der Waals surface area contributed by atoms with Gasteiger partial charge in [0.1, 0.15) is 0 Å². The average molecular weight is 437 g/mol. The van der Waals surface area contributed by atoms with Crippen LogP contribution in [0.5, 0.6) is 0 Å². The monoisotopic (exact) mass is 436 g/mol. The van der Waals surface area contributed by atoms with Crippen LogP contribution in [0.15, 0.2) is 27.8 Å². The molecule has 25 heavy (non-hydrogen) atoms. The Hall–Kier alpha value is -2.28. The van der Waals surface area contributed by atoms with E-state index >= 15 is 0 Å². The molecule has 3 rings (SSSR count). The van der Waals surface area contributed by atoms with E-state index in [0.717, 1.165) is 16.8 Å². The first kappa shape index (κ1) is 17.5. The van der Waals surface area contributed by atoms with E-state index in [9.17, 15) is 21.6 Å². The second-order valence-electron chi connectivity index (χ2n) is 4.98. The predicted octanol–water partition coefficient (Wildman–Crippen LogP) is 1.95. The first-order chi connectivity index (χ1) is 11.5. The number of nitrogen functional groups attached to an aromatic ring is 1. The minimum Gasteiger partial charge on any atom is -0.368 e. The van der Waals surface area contributed by atoms with Crippen molar-refractivity contribution in [3.8, 4) is 11.4 Å². The zero-order valence-electron chi connectivity index (χ0n) is 12.3. The van der Waals surface area contributed by atoms with Crippen LogP contribution in [0.4, 0.5) is 19.1 Å². The summed E-state index contributed by atoms with van der Waals surface area (Å²) in [6.07, 6.45) is -3.68. The maximum Gasteiger partial charge on any atom is 0.417 e. The molecule has 0 aliphatic heterocycles. The largest absolute Gasteiger partial charge is 0.417 e. The lowest BCUT2D eigenvalue weighted by atomic mass is 10.1. The number of alkyl halides is 3. The molecule has 0 bridgehead atoms. The summed E-state index contributed by atoms with van der Waals surface area (Å²) in [4.78, 5) is 11.3. The fraction of sp³-hybridized carbons (Fsp3) is 0.167. The molecule has 0 unspecified atom stereocenters. The smallest absolute Gasteiger partial charge is 0.368 e. The van der Waals surface area contributed by atoms with Gasteiger partial charge >= 0.3 is 6.18 Å². The molecule has 0 saturated heterocycles. The quantitative estimate of drug-likeness (QED) is 0.652. The summed E-state index contributed by atoms with van der Waals surface area (Å²) in [7, 11) is -3.74. The van der Waals surface area contributed by atoms with Crippen molar-refractivity contribution in [3.05, 3.63) is 28.2 Å². The molecule has 0 amide bonds. The number of hydrogen-bond donors (Lipinski definition) is 1. The molecule has 0 aliphatic carbocycles. The number of anilines is 1. The fourth-order valence-electron chi connectivity index (χ4n) is 1.96. The van der Waals surface area contributed by atoms with Gasteiger partial charge in [-0.05, 0) is 18.2 Å². The number of nitrogens with two attached hydrogens (primary N) is 1. The highest BCUT2D eigenvalue weighted by Gasteiger charge is 2.33. The van der Waals surface area contributed by atoms with Gasteiger partial charge in [-0.15, -0.1) is 5.10 Å². The molecule has 2 heterocycles. The lowest BCUT2D eigenvalue weighted by Gasteiger charge is -2.09. The van der Waals surface area contributed by atoms with Crippen LogP contribution in [0.25, 0.3) is 17.2 Å². The first-order valence-corrected chi connectivity index (χ1v) is 9.13. The van der Waals surface area contributed by atoms with E-state index < -0.39 is 26.7 Å². The molecule has 132 valence electrons. The van der Waals surface area contributed by atoms with Crippen LogP contribution in [0, 0.1) is 0 Å². The van der Waals surface area contributed by atoms with Crippen LogP contribution in [-0.2, 0) is 16.0 Å². The summed E-state index contributed by atoms with van der Waals surface area (Å²) in [6, 6.07) is 3.44. The van der Waals surface area contributed by atoms with Crippen molar-refractivity contribution in [2.45, 2.75) is 11.3 Å². The number of fused-ring (bicyclic) bond motifs is 1. The zero-order valence-corrected chi connectivity index (χ0v) is 14.7. The summed E-state index contributed by atoms with van der Waals surface area (Å²) in [5, 5.41) is 3.38. The summed E-state index contributed by atoms with van der Waals surface area (Å²) in [5.74, 6) is -0.610. The molecule has 8 nitrogen and oxygen atoms in total. The van der Waals surface area contributed by atoms with Crippen LogP contribution in [-0.4, -0.2) is 39.2 Å². The summed E-state index contributed by atoms with van der Waals surface area (Å²) < 4.78 is 62.9. The van der Waals surface area contributed by atoms with E-state index in [-0.39, 0.29) is 27.6 Å². The number of aromatic nitrogens is 5. The van der Waals surface area contributed by atoms with Crippen LogP contribution < -0.4 is 5.73 Å². The molecule has 0 radical (unpaired) electrons. The van der Waals surface area contributed by atoms with Crippen molar-refractivity contribution in [2.75, 3.05) is 12.0 Å². The van der Waals surface area contributed by atoms with Gasteiger partial charge in [0.15, 0.2) is 5.82 Å². The second kappa shape index (κ2) is 5.62. The van der Waals surface area contributed by atoms with Crippen molar-refractivity contribution in [1.82, 2.24) is 24.6 Å². The van der Waals surface area contributed by atoms with Crippen LogP contribution in [0.3, 0.4) is 0 Å². The summed E-state index contributed by atoms with van der Waals surface area (Å²) in [5.41, 5.74) is 4.78. The lowest BCUT2D eigenvalue weighted by molar-refractivity contribution is -0.138. The van der Waals surface area contributed by atoms with Crippen molar-refractivity contribution in [3.63, 3.8) is 0 Å². The van der Waals surface area contributed by atoms with Gasteiger partial charge in [-0.25, -0.2) is 8.42 Å². The Morgan fingerprint density at radius 1 is 1.20 bits per heavy atom. The molecular formula is C12H8BrF3N6O2S. The first-order valence-electron chi connectivity index (χ1n) is 6.44. The van der Waals surface area contributed by atoms with Gasteiger partial charge in [-0.3, -0.25) is 0 Å². The summed E-state index contributed by atoms with van der Waals surface area (Å²) >= 11 is 2.84. The standard InChI is InChI=1S/C12H8BrF3N6O2S/c1-25(23,24)11-19-9(17)22-10(20-11)18-8(21-22)5-2-3-7(13)6(4-5)12(14,15)16/h2-4H,1H3,(H2,17,18,19,20,21). The van der Waals surface area contributed by atoms with E-state index in [4.69, 9.17) is 5.73 Å². The Morgan fingerprint density at radius 2 is 1.88 bits per heavy atom. The molecule has 1 aromatic carbocycles. The number of rotatable bonds is 2. The van der Waals surface area contributed by atoms with Crippen molar-refractivity contribution in [1.29, 1.82) is 0 Å². The van der Waals surface area contributed by atoms with Gasteiger partial charge < -0.3 is 5.73 Å². The minimum atomic E-state index is -4.57. The Labute approximate surface area is 147 Å². The van der Waals surface area contributed by atoms with Gasteiger partial charge in [-0.1, -0.05) is 15.9 Å².